The molecule has 0 aliphatic heterocycles. The summed E-state index contributed by atoms with van der Waals surface area (Å²) in [5, 5.41) is 3.56. The summed E-state index contributed by atoms with van der Waals surface area (Å²) < 4.78 is 30.4. The maximum atomic E-state index is 11.9. The number of halogens is 2. The van der Waals surface area contributed by atoms with E-state index in [1.807, 2.05) is 0 Å². The lowest BCUT2D eigenvalue weighted by atomic mass is 10.5. The Bertz CT molecular complexity index is 644. The van der Waals surface area contributed by atoms with Crippen LogP contribution in [0.5, 0.6) is 0 Å². The first-order valence-electron chi connectivity index (χ1n) is 4.55. The fraction of sp³-hybridized carbons (Fsp3) is 0.125. The van der Waals surface area contributed by atoms with Gasteiger partial charge in [-0.2, -0.15) is 4.98 Å². The quantitative estimate of drug-likeness (QED) is 0.854. The molecule has 0 spiro atoms. The van der Waals surface area contributed by atoms with Crippen molar-refractivity contribution in [3.63, 3.8) is 0 Å². The SMILES string of the molecule is O=S(=O)(NCc1ncon1)c1cnc(Cl)c(Cl)c1. The van der Waals surface area contributed by atoms with Crippen LogP contribution in [0.4, 0.5) is 0 Å². The van der Waals surface area contributed by atoms with E-state index in [9.17, 15) is 8.42 Å². The van der Waals surface area contributed by atoms with E-state index >= 15 is 0 Å². The molecule has 0 aromatic carbocycles. The van der Waals surface area contributed by atoms with Crippen molar-refractivity contribution in [2.45, 2.75) is 11.4 Å². The minimum Gasteiger partial charge on any atom is -0.343 e. The first-order chi connectivity index (χ1) is 8.49. The largest absolute Gasteiger partial charge is 0.343 e. The molecule has 0 fully saturated rings. The number of nitrogens with zero attached hydrogens (tertiary/aromatic N) is 3. The van der Waals surface area contributed by atoms with E-state index in [1.54, 1.807) is 0 Å². The normalized spacial score (nSPS) is 11.7. The molecule has 0 saturated carbocycles. The number of hydrogen-bond acceptors (Lipinski definition) is 6. The van der Waals surface area contributed by atoms with Gasteiger partial charge in [0.2, 0.25) is 16.4 Å². The summed E-state index contributed by atoms with van der Waals surface area (Å²) in [5.74, 6) is 0.214. The summed E-state index contributed by atoms with van der Waals surface area (Å²) in [5.41, 5.74) is 0. The first kappa shape index (κ1) is 13.2. The van der Waals surface area contributed by atoms with Crippen LogP contribution in [0, 0.1) is 0 Å². The van der Waals surface area contributed by atoms with Gasteiger partial charge in [-0.25, -0.2) is 18.1 Å². The molecule has 2 heterocycles. The van der Waals surface area contributed by atoms with Crippen LogP contribution in [0.2, 0.25) is 10.2 Å². The van der Waals surface area contributed by atoms with Crippen LogP contribution in [0.1, 0.15) is 5.82 Å². The molecule has 0 bridgehead atoms. The van der Waals surface area contributed by atoms with Crippen LogP contribution in [0.3, 0.4) is 0 Å². The Morgan fingerprint density at radius 2 is 2.11 bits per heavy atom. The summed E-state index contributed by atoms with van der Waals surface area (Å²) in [6.45, 7) is -0.0981. The van der Waals surface area contributed by atoms with Gasteiger partial charge >= 0.3 is 0 Å². The van der Waals surface area contributed by atoms with Gasteiger partial charge in [0.1, 0.15) is 10.0 Å². The van der Waals surface area contributed by atoms with E-state index in [0.717, 1.165) is 12.6 Å². The summed E-state index contributed by atoms with van der Waals surface area (Å²) in [4.78, 5) is 7.23. The molecule has 0 unspecified atom stereocenters. The molecule has 2 aromatic rings. The Hall–Kier alpha value is -1.22. The monoisotopic (exact) mass is 308 g/mol. The van der Waals surface area contributed by atoms with Gasteiger partial charge in [-0.1, -0.05) is 28.4 Å². The molecule has 7 nitrogen and oxygen atoms in total. The smallest absolute Gasteiger partial charge is 0.242 e. The van der Waals surface area contributed by atoms with Gasteiger partial charge in [0.15, 0.2) is 5.82 Å². The highest BCUT2D eigenvalue weighted by Gasteiger charge is 2.16. The molecule has 10 heteroatoms. The third-order valence-corrected chi connectivity index (χ3v) is 3.96. The molecule has 1 N–H and O–H groups in total. The van der Waals surface area contributed by atoms with E-state index < -0.39 is 10.0 Å². The van der Waals surface area contributed by atoms with Crippen LogP contribution in [-0.2, 0) is 16.6 Å². The zero-order valence-corrected chi connectivity index (χ0v) is 11.0. The topological polar surface area (TPSA) is 98.0 Å². The molecule has 2 aromatic heterocycles. The highest BCUT2D eigenvalue weighted by molar-refractivity contribution is 7.89. The number of rotatable bonds is 4. The minimum atomic E-state index is -3.75. The highest BCUT2D eigenvalue weighted by Crippen LogP contribution is 2.21. The van der Waals surface area contributed by atoms with Gasteiger partial charge in [-0.05, 0) is 6.07 Å². The van der Waals surface area contributed by atoms with Crippen molar-refractivity contribution in [2.24, 2.45) is 0 Å². The zero-order chi connectivity index (χ0) is 13.2. The van der Waals surface area contributed by atoms with E-state index in [0.29, 0.717) is 0 Å². The summed E-state index contributed by atoms with van der Waals surface area (Å²) >= 11 is 11.3. The predicted molar refractivity (Wildman–Crippen MR) is 62.6 cm³/mol. The van der Waals surface area contributed by atoms with E-state index in [4.69, 9.17) is 23.2 Å². The Labute approximate surface area is 112 Å². The van der Waals surface area contributed by atoms with Gasteiger partial charge in [0.25, 0.3) is 0 Å². The van der Waals surface area contributed by atoms with Gasteiger partial charge in [0.05, 0.1) is 11.6 Å². The van der Waals surface area contributed by atoms with Crippen molar-refractivity contribution in [3.8, 4) is 0 Å². The Balaban J connectivity index is 2.17. The van der Waals surface area contributed by atoms with Gasteiger partial charge in [-0.15, -0.1) is 0 Å². The van der Waals surface area contributed by atoms with Crippen molar-refractivity contribution < 1.29 is 12.9 Å². The number of aromatic nitrogens is 3. The second kappa shape index (κ2) is 5.19. The van der Waals surface area contributed by atoms with Crippen molar-refractivity contribution in [2.75, 3.05) is 0 Å². The molecular formula is C8H6Cl2N4O3S. The van der Waals surface area contributed by atoms with Crippen molar-refractivity contribution in [3.05, 3.63) is 34.7 Å². The van der Waals surface area contributed by atoms with Crippen molar-refractivity contribution in [1.29, 1.82) is 0 Å². The summed E-state index contributed by atoms with van der Waals surface area (Å²) in [7, 11) is -3.75. The fourth-order valence-electron chi connectivity index (χ4n) is 1.06. The molecular weight excluding hydrogens is 303 g/mol. The molecule has 2 rings (SSSR count). The average Bonchev–Trinajstić information content (AvgIpc) is 2.83. The maximum Gasteiger partial charge on any atom is 0.242 e. The third-order valence-electron chi connectivity index (χ3n) is 1.91. The summed E-state index contributed by atoms with van der Waals surface area (Å²) in [6.07, 6.45) is 2.21. The number of pyridine rings is 1. The fourth-order valence-corrected chi connectivity index (χ4v) is 2.35. The molecule has 0 atom stereocenters. The van der Waals surface area contributed by atoms with Crippen LogP contribution >= 0.6 is 23.2 Å². The number of nitrogens with one attached hydrogen (secondary N) is 1. The standard InChI is InChI=1S/C8H6Cl2N4O3S/c9-6-1-5(2-11-8(6)10)18(15,16)13-3-7-12-4-17-14-7/h1-2,4,13H,3H2. The Kier molecular flexibility index (Phi) is 3.81. The van der Waals surface area contributed by atoms with Crippen molar-refractivity contribution >= 4 is 33.2 Å². The maximum absolute atomic E-state index is 11.9. The lowest BCUT2D eigenvalue weighted by Crippen LogP contribution is -2.24. The molecule has 0 saturated heterocycles. The van der Waals surface area contributed by atoms with E-state index in [-0.39, 0.29) is 27.4 Å². The molecule has 0 amide bonds. The van der Waals surface area contributed by atoms with Crippen LogP contribution in [-0.4, -0.2) is 23.5 Å². The second-order valence-corrected chi connectivity index (χ2v) is 5.65. The number of hydrogen-bond donors (Lipinski definition) is 1. The first-order valence-corrected chi connectivity index (χ1v) is 6.79. The minimum absolute atomic E-state index is 0.0359. The molecule has 0 aliphatic rings. The predicted octanol–water partition coefficient (Wildman–Crippen LogP) is 1.25. The Morgan fingerprint density at radius 1 is 1.33 bits per heavy atom. The molecule has 96 valence electrons. The van der Waals surface area contributed by atoms with Crippen LogP contribution < -0.4 is 4.72 Å². The highest BCUT2D eigenvalue weighted by atomic mass is 35.5. The summed E-state index contributed by atoms with van der Waals surface area (Å²) in [6, 6.07) is 1.20. The van der Waals surface area contributed by atoms with Gasteiger partial charge < -0.3 is 4.52 Å². The van der Waals surface area contributed by atoms with Crippen molar-refractivity contribution in [1.82, 2.24) is 19.8 Å². The zero-order valence-electron chi connectivity index (χ0n) is 8.67. The van der Waals surface area contributed by atoms with Gasteiger partial charge in [0, 0.05) is 6.20 Å². The molecule has 0 radical (unpaired) electrons. The second-order valence-electron chi connectivity index (χ2n) is 3.12. The van der Waals surface area contributed by atoms with E-state index in [2.05, 4.69) is 24.4 Å². The van der Waals surface area contributed by atoms with E-state index in [1.165, 1.54) is 6.07 Å². The molecule has 18 heavy (non-hydrogen) atoms. The third kappa shape index (κ3) is 2.96. The van der Waals surface area contributed by atoms with Gasteiger partial charge in [-0.3, -0.25) is 0 Å². The lowest BCUT2D eigenvalue weighted by Gasteiger charge is -2.05. The molecule has 0 aliphatic carbocycles. The lowest BCUT2D eigenvalue weighted by molar-refractivity contribution is 0.409. The average molecular weight is 309 g/mol. The van der Waals surface area contributed by atoms with Crippen LogP contribution in [0.15, 0.2) is 28.1 Å². The van der Waals surface area contributed by atoms with Crippen LogP contribution in [0.25, 0.3) is 0 Å². The Morgan fingerprint density at radius 3 is 2.72 bits per heavy atom. The number of sulfonamides is 1.